The van der Waals surface area contributed by atoms with Crippen molar-refractivity contribution >= 4 is 16.8 Å². The number of carbonyl (C=O) groups is 1. The van der Waals surface area contributed by atoms with Gasteiger partial charge >= 0.3 is 0 Å². The summed E-state index contributed by atoms with van der Waals surface area (Å²) in [6.45, 7) is 0.968. The molecule has 0 spiro atoms. The summed E-state index contributed by atoms with van der Waals surface area (Å²) in [5.41, 5.74) is 1.61. The molecule has 2 N–H and O–H groups in total. The highest BCUT2D eigenvalue weighted by Gasteiger charge is 2.23. The molecule has 3 aromatic rings. The van der Waals surface area contributed by atoms with Crippen LogP contribution >= 0.6 is 0 Å². The fraction of sp³-hybridized carbons (Fsp3) is 0.300. The van der Waals surface area contributed by atoms with Gasteiger partial charge in [0.2, 0.25) is 5.91 Å². The molecular weight excluding hydrogens is 346 g/mol. The lowest BCUT2D eigenvalue weighted by atomic mass is 9.96. The van der Waals surface area contributed by atoms with Gasteiger partial charge in [-0.3, -0.25) is 14.7 Å². The van der Waals surface area contributed by atoms with Crippen LogP contribution in [-0.2, 0) is 17.8 Å². The van der Waals surface area contributed by atoms with Gasteiger partial charge in [0, 0.05) is 12.5 Å². The third-order valence-corrected chi connectivity index (χ3v) is 4.80. The maximum atomic E-state index is 12.3. The van der Waals surface area contributed by atoms with Crippen molar-refractivity contribution in [1.82, 2.24) is 15.1 Å². The molecule has 0 bridgehead atoms. The number of nitrogens with zero attached hydrogens (tertiary/aromatic N) is 1. The van der Waals surface area contributed by atoms with E-state index in [2.05, 4.69) is 10.4 Å². The first-order chi connectivity index (χ1) is 13.2. The molecule has 27 heavy (non-hydrogen) atoms. The van der Waals surface area contributed by atoms with E-state index < -0.39 is 0 Å². The van der Waals surface area contributed by atoms with E-state index in [-0.39, 0.29) is 23.9 Å². The molecule has 7 nitrogen and oxygen atoms in total. The summed E-state index contributed by atoms with van der Waals surface area (Å²) < 4.78 is 12.5. The number of fused-ring (bicyclic) bond motifs is 2. The average molecular weight is 367 g/mol. The molecule has 2 aromatic carbocycles. The Morgan fingerprint density at radius 1 is 1.30 bits per heavy atom. The number of hydrogen-bond donors (Lipinski definition) is 2. The van der Waals surface area contributed by atoms with Crippen molar-refractivity contribution in [3.8, 4) is 11.5 Å². The number of rotatable bonds is 5. The minimum atomic E-state index is -0.208. The van der Waals surface area contributed by atoms with Gasteiger partial charge in [-0.2, -0.15) is 0 Å². The van der Waals surface area contributed by atoms with E-state index in [0.29, 0.717) is 18.5 Å². The number of para-hydroxylation sites is 2. The predicted octanol–water partition coefficient (Wildman–Crippen LogP) is 1.71. The second-order valence-electron chi connectivity index (χ2n) is 6.68. The normalized spacial score (nSPS) is 15.8. The van der Waals surface area contributed by atoms with Crippen molar-refractivity contribution < 1.29 is 14.3 Å². The molecule has 0 saturated carbocycles. The first-order valence-electron chi connectivity index (χ1n) is 8.88. The number of hydrogen-bond acceptors (Lipinski definition) is 4. The molecule has 1 aliphatic rings. The van der Waals surface area contributed by atoms with Crippen LogP contribution in [0.4, 0.5) is 0 Å². The first kappa shape index (κ1) is 17.2. The van der Waals surface area contributed by atoms with E-state index in [1.54, 1.807) is 19.2 Å². The molecule has 140 valence electrons. The second kappa shape index (κ2) is 7.19. The van der Waals surface area contributed by atoms with Crippen molar-refractivity contribution in [3.63, 3.8) is 0 Å². The van der Waals surface area contributed by atoms with Crippen LogP contribution in [-0.4, -0.2) is 35.9 Å². The Hall–Kier alpha value is -3.22. The molecular formula is C20H21N3O4. The maximum Gasteiger partial charge on any atom is 0.274 e. The number of nitrogens with one attached hydrogen (secondary N) is 2. The van der Waals surface area contributed by atoms with Crippen molar-refractivity contribution in [2.75, 3.05) is 20.3 Å². The minimum Gasteiger partial charge on any atom is -0.493 e. The van der Waals surface area contributed by atoms with E-state index in [9.17, 15) is 9.59 Å². The molecule has 1 aromatic heterocycles. The summed E-state index contributed by atoms with van der Waals surface area (Å²) in [5, 5.41) is 6.45. The number of carbonyl (C=O) groups excluding carboxylic acids is 1. The average Bonchev–Trinajstić information content (AvgIpc) is 3.01. The Kier molecular flexibility index (Phi) is 4.58. The van der Waals surface area contributed by atoms with Gasteiger partial charge in [0.05, 0.1) is 24.6 Å². The molecule has 0 radical (unpaired) electrons. The Morgan fingerprint density at radius 3 is 2.96 bits per heavy atom. The molecule has 2 heterocycles. The van der Waals surface area contributed by atoms with E-state index in [1.165, 1.54) is 4.68 Å². The van der Waals surface area contributed by atoms with Gasteiger partial charge in [0.25, 0.3) is 5.56 Å². The van der Waals surface area contributed by atoms with Gasteiger partial charge in [-0.1, -0.05) is 24.3 Å². The van der Waals surface area contributed by atoms with Crippen LogP contribution in [0.3, 0.4) is 0 Å². The highest BCUT2D eigenvalue weighted by molar-refractivity contribution is 5.79. The Bertz CT molecular complexity index is 1040. The molecule has 0 aliphatic carbocycles. The fourth-order valence-electron chi connectivity index (χ4n) is 3.43. The van der Waals surface area contributed by atoms with Crippen LogP contribution in [0, 0.1) is 5.92 Å². The van der Waals surface area contributed by atoms with Crippen molar-refractivity contribution in [2.24, 2.45) is 5.92 Å². The van der Waals surface area contributed by atoms with Gasteiger partial charge in [-0.25, -0.2) is 4.68 Å². The van der Waals surface area contributed by atoms with Crippen LogP contribution in [0.1, 0.15) is 5.56 Å². The van der Waals surface area contributed by atoms with Crippen molar-refractivity contribution in [3.05, 3.63) is 58.4 Å². The molecule has 7 heteroatoms. The van der Waals surface area contributed by atoms with E-state index in [1.807, 2.05) is 30.3 Å². The smallest absolute Gasteiger partial charge is 0.274 e. The second-order valence-corrected chi connectivity index (χ2v) is 6.68. The van der Waals surface area contributed by atoms with Gasteiger partial charge < -0.3 is 14.8 Å². The topological polar surface area (TPSA) is 85.3 Å². The van der Waals surface area contributed by atoms with Crippen LogP contribution in [0.25, 0.3) is 10.9 Å². The van der Waals surface area contributed by atoms with E-state index >= 15 is 0 Å². The van der Waals surface area contributed by atoms with Crippen LogP contribution < -0.4 is 20.3 Å². The highest BCUT2D eigenvalue weighted by Crippen LogP contribution is 2.35. The van der Waals surface area contributed by atoms with Crippen LogP contribution in [0.2, 0.25) is 0 Å². The van der Waals surface area contributed by atoms with E-state index in [0.717, 1.165) is 29.0 Å². The Morgan fingerprint density at radius 2 is 2.15 bits per heavy atom. The van der Waals surface area contributed by atoms with Gasteiger partial charge in [0.15, 0.2) is 11.5 Å². The monoisotopic (exact) mass is 367 g/mol. The molecule has 4 rings (SSSR count). The Labute approximate surface area is 155 Å². The number of ether oxygens (including phenoxy) is 2. The standard InChI is InChI=1S/C20H21N3O4/c1-26-17-8-4-5-14-9-13(12-27-19(14)17)10-21-18(24)11-23-20(25)15-6-2-3-7-16(15)22-23/h2-8,13,22H,9-12H2,1H3,(H,21,24)/t13-/m0/s1. The SMILES string of the molecule is COc1cccc2c1OC[C@H](CNC(=O)Cn1[nH]c3ccccc3c1=O)C2. The molecule has 0 saturated heterocycles. The van der Waals surface area contributed by atoms with Crippen LogP contribution in [0.5, 0.6) is 11.5 Å². The summed E-state index contributed by atoms with van der Waals surface area (Å²) >= 11 is 0. The first-order valence-corrected chi connectivity index (χ1v) is 8.88. The molecule has 0 unspecified atom stereocenters. The third-order valence-electron chi connectivity index (χ3n) is 4.80. The zero-order valence-corrected chi connectivity index (χ0v) is 15.0. The quantitative estimate of drug-likeness (QED) is 0.719. The predicted molar refractivity (Wildman–Crippen MR) is 101 cm³/mol. The lowest BCUT2D eigenvalue weighted by molar-refractivity contribution is -0.122. The van der Waals surface area contributed by atoms with E-state index in [4.69, 9.17) is 9.47 Å². The zero-order chi connectivity index (χ0) is 18.8. The number of H-pyrrole nitrogens is 1. The lowest BCUT2D eigenvalue weighted by Crippen LogP contribution is -2.37. The van der Waals surface area contributed by atoms with Gasteiger partial charge in [-0.15, -0.1) is 0 Å². The summed E-state index contributed by atoms with van der Waals surface area (Å²) in [4.78, 5) is 24.6. The summed E-state index contributed by atoms with van der Waals surface area (Å²) in [6.07, 6.45) is 0.805. The van der Waals surface area contributed by atoms with Crippen LogP contribution in [0.15, 0.2) is 47.3 Å². The molecule has 1 atom stereocenters. The van der Waals surface area contributed by atoms with Crippen molar-refractivity contribution in [1.29, 1.82) is 0 Å². The number of aromatic amines is 1. The number of benzene rings is 2. The highest BCUT2D eigenvalue weighted by atomic mass is 16.5. The summed E-state index contributed by atoms with van der Waals surface area (Å²) in [7, 11) is 1.62. The largest absolute Gasteiger partial charge is 0.493 e. The summed E-state index contributed by atoms with van der Waals surface area (Å²) in [5.74, 6) is 1.48. The van der Waals surface area contributed by atoms with Gasteiger partial charge in [-0.05, 0) is 30.2 Å². The number of methoxy groups -OCH3 is 1. The number of aromatic nitrogens is 2. The minimum absolute atomic E-state index is 0.0362. The molecule has 1 amide bonds. The third kappa shape index (κ3) is 3.40. The molecule has 1 aliphatic heterocycles. The van der Waals surface area contributed by atoms with Crippen molar-refractivity contribution in [2.45, 2.75) is 13.0 Å². The lowest BCUT2D eigenvalue weighted by Gasteiger charge is -2.26. The van der Waals surface area contributed by atoms with Gasteiger partial charge in [0.1, 0.15) is 6.54 Å². The number of amides is 1. The molecule has 0 fully saturated rings. The summed E-state index contributed by atoms with van der Waals surface area (Å²) in [6, 6.07) is 13.0. The maximum absolute atomic E-state index is 12.3. The Balaban J connectivity index is 1.37. The zero-order valence-electron chi connectivity index (χ0n) is 15.0. The fourth-order valence-corrected chi connectivity index (χ4v) is 3.43.